The van der Waals surface area contributed by atoms with Crippen molar-refractivity contribution in [2.24, 2.45) is 5.41 Å². The van der Waals surface area contributed by atoms with Gasteiger partial charge in [-0.25, -0.2) is 0 Å². The van der Waals surface area contributed by atoms with E-state index >= 15 is 0 Å². The van der Waals surface area contributed by atoms with Gasteiger partial charge in [0.2, 0.25) is 0 Å². The van der Waals surface area contributed by atoms with Gasteiger partial charge < -0.3 is 5.32 Å². The monoisotopic (exact) mass is 281 g/mol. The van der Waals surface area contributed by atoms with Gasteiger partial charge in [0.25, 0.3) is 0 Å². The Morgan fingerprint density at radius 1 is 1.25 bits per heavy atom. The maximum atomic E-state index is 11.6. The lowest BCUT2D eigenvalue weighted by atomic mass is 9.91. The standard InChI is InChI=1S/C13H16BrNO/c1-13(2,3)12(16)8-9-15-11-6-4-10(14)5-7-11/h4-9,15H,1-3H3. The number of benzene rings is 1. The summed E-state index contributed by atoms with van der Waals surface area (Å²) in [5.74, 6) is 0.108. The van der Waals surface area contributed by atoms with Gasteiger partial charge in [-0.1, -0.05) is 36.7 Å². The van der Waals surface area contributed by atoms with Crippen molar-refractivity contribution in [2.45, 2.75) is 20.8 Å². The fraction of sp³-hybridized carbons (Fsp3) is 0.308. The molecule has 3 heteroatoms. The highest BCUT2D eigenvalue weighted by atomic mass is 79.9. The number of rotatable bonds is 3. The fourth-order valence-corrected chi connectivity index (χ4v) is 1.27. The van der Waals surface area contributed by atoms with Gasteiger partial charge in [-0.3, -0.25) is 4.79 Å². The van der Waals surface area contributed by atoms with Crippen LogP contribution in [0.2, 0.25) is 0 Å². The molecule has 0 fully saturated rings. The van der Waals surface area contributed by atoms with E-state index in [1.807, 2.05) is 45.0 Å². The number of carbonyl (C=O) groups excluding carboxylic acids is 1. The molecule has 0 saturated heterocycles. The molecule has 0 aliphatic rings. The summed E-state index contributed by atoms with van der Waals surface area (Å²) in [5, 5.41) is 3.05. The highest BCUT2D eigenvalue weighted by Crippen LogP contribution is 2.16. The second-order valence-electron chi connectivity index (χ2n) is 4.60. The van der Waals surface area contributed by atoms with E-state index in [1.54, 1.807) is 12.3 Å². The number of allylic oxidation sites excluding steroid dienone is 1. The second kappa shape index (κ2) is 5.30. The molecule has 0 heterocycles. The highest BCUT2D eigenvalue weighted by Gasteiger charge is 2.17. The molecule has 16 heavy (non-hydrogen) atoms. The normalized spacial score (nSPS) is 11.8. The molecule has 1 N–H and O–H groups in total. The van der Waals surface area contributed by atoms with Crippen LogP contribution in [0.4, 0.5) is 5.69 Å². The van der Waals surface area contributed by atoms with E-state index < -0.39 is 0 Å². The lowest BCUT2D eigenvalue weighted by Gasteiger charge is -2.12. The second-order valence-corrected chi connectivity index (χ2v) is 5.51. The molecule has 0 atom stereocenters. The Labute approximate surface area is 105 Å². The van der Waals surface area contributed by atoms with Crippen LogP contribution in [0, 0.1) is 5.41 Å². The van der Waals surface area contributed by atoms with Crippen LogP contribution in [0.1, 0.15) is 20.8 Å². The minimum absolute atomic E-state index is 0.108. The first-order chi connectivity index (χ1) is 7.39. The molecule has 0 spiro atoms. The highest BCUT2D eigenvalue weighted by molar-refractivity contribution is 9.10. The lowest BCUT2D eigenvalue weighted by molar-refractivity contribution is -0.121. The van der Waals surface area contributed by atoms with E-state index in [4.69, 9.17) is 0 Å². The molecule has 0 amide bonds. The zero-order valence-electron chi connectivity index (χ0n) is 9.75. The molecule has 0 aromatic heterocycles. The summed E-state index contributed by atoms with van der Waals surface area (Å²) >= 11 is 3.36. The first kappa shape index (κ1) is 13.0. The van der Waals surface area contributed by atoms with Gasteiger partial charge in [0.15, 0.2) is 5.78 Å². The molecule has 0 aliphatic heterocycles. The van der Waals surface area contributed by atoms with Crippen molar-refractivity contribution >= 4 is 27.4 Å². The van der Waals surface area contributed by atoms with Crippen LogP contribution in [-0.2, 0) is 4.79 Å². The minimum Gasteiger partial charge on any atom is -0.362 e. The van der Waals surface area contributed by atoms with E-state index in [0.717, 1.165) is 10.2 Å². The van der Waals surface area contributed by atoms with Crippen LogP contribution < -0.4 is 5.32 Å². The fourth-order valence-electron chi connectivity index (χ4n) is 1.01. The van der Waals surface area contributed by atoms with Crippen LogP contribution in [0.5, 0.6) is 0 Å². The Kier molecular flexibility index (Phi) is 4.30. The number of carbonyl (C=O) groups is 1. The molecule has 0 bridgehead atoms. The predicted octanol–water partition coefficient (Wildman–Crippen LogP) is 3.99. The van der Waals surface area contributed by atoms with E-state index in [9.17, 15) is 4.79 Å². The largest absolute Gasteiger partial charge is 0.362 e. The topological polar surface area (TPSA) is 29.1 Å². The van der Waals surface area contributed by atoms with Crippen molar-refractivity contribution in [1.29, 1.82) is 0 Å². The zero-order chi connectivity index (χ0) is 12.2. The molecule has 86 valence electrons. The van der Waals surface area contributed by atoms with Crippen LogP contribution in [0.25, 0.3) is 0 Å². The SMILES string of the molecule is CC(C)(C)C(=O)C=CNc1ccc(Br)cc1. The summed E-state index contributed by atoms with van der Waals surface area (Å²) in [6, 6.07) is 7.77. The Hall–Kier alpha value is -1.09. The van der Waals surface area contributed by atoms with Gasteiger partial charge >= 0.3 is 0 Å². The van der Waals surface area contributed by atoms with Gasteiger partial charge in [-0.05, 0) is 30.3 Å². The molecule has 1 rings (SSSR count). The third-order valence-corrected chi connectivity index (χ3v) is 2.60. The number of nitrogens with one attached hydrogen (secondary N) is 1. The average Bonchev–Trinajstić information content (AvgIpc) is 2.19. The van der Waals surface area contributed by atoms with Gasteiger partial charge in [0.05, 0.1) is 0 Å². The number of ketones is 1. The first-order valence-corrected chi connectivity index (χ1v) is 5.92. The van der Waals surface area contributed by atoms with Crippen molar-refractivity contribution in [2.75, 3.05) is 5.32 Å². The zero-order valence-corrected chi connectivity index (χ0v) is 11.3. The van der Waals surface area contributed by atoms with Gasteiger partial charge in [0.1, 0.15) is 0 Å². The van der Waals surface area contributed by atoms with E-state index in [2.05, 4.69) is 21.2 Å². The third-order valence-electron chi connectivity index (χ3n) is 2.07. The number of hydrogen-bond acceptors (Lipinski definition) is 2. The van der Waals surface area contributed by atoms with Gasteiger partial charge in [0, 0.05) is 21.8 Å². The molecular formula is C13H16BrNO. The Morgan fingerprint density at radius 2 is 1.81 bits per heavy atom. The summed E-state index contributed by atoms with van der Waals surface area (Å²) in [6.45, 7) is 5.71. The Morgan fingerprint density at radius 3 is 2.31 bits per heavy atom. The quantitative estimate of drug-likeness (QED) is 0.849. The smallest absolute Gasteiger partial charge is 0.162 e. The number of anilines is 1. The Balaban J connectivity index is 2.55. The summed E-state index contributed by atoms with van der Waals surface area (Å²) in [7, 11) is 0. The van der Waals surface area contributed by atoms with E-state index in [1.165, 1.54) is 0 Å². The molecule has 0 unspecified atom stereocenters. The van der Waals surface area contributed by atoms with Crippen LogP contribution in [0.3, 0.4) is 0 Å². The molecule has 2 nitrogen and oxygen atoms in total. The maximum absolute atomic E-state index is 11.6. The molecular weight excluding hydrogens is 266 g/mol. The predicted molar refractivity (Wildman–Crippen MR) is 71.4 cm³/mol. The van der Waals surface area contributed by atoms with Crippen molar-refractivity contribution in [3.8, 4) is 0 Å². The van der Waals surface area contributed by atoms with E-state index in [0.29, 0.717) is 0 Å². The summed E-state index contributed by atoms with van der Waals surface area (Å²) in [6.07, 6.45) is 3.25. The summed E-state index contributed by atoms with van der Waals surface area (Å²) in [5.41, 5.74) is 0.638. The van der Waals surface area contributed by atoms with Crippen LogP contribution >= 0.6 is 15.9 Å². The van der Waals surface area contributed by atoms with Crippen molar-refractivity contribution in [3.05, 3.63) is 41.0 Å². The van der Waals surface area contributed by atoms with Crippen LogP contribution in [-0.4, -0.2) is 5.78 Å². The molecule has 1 aromatic rings. The maximum Gasteiger partial charge on any atom is 0.162 e. The van der Waals surface area contributed by atoms with Crippen LogP contribution in [0.15, 0.2) is 41.0 Å². The molecule has 0 aliphatic carbocycles. The number of halogens is 1. The third kappa shape index (κ3) is 4.19. The Bertz CT molecular complexity index is 387. The van der Waals surface area contributed by atoms with E-state index in [-0.39, 0.29) is 11.2 Å². The average molecular weight is 282 g/mol. The molecule has 0 radical (unpaired) electrons. The lowest BCUT2D eigenvalue weighted by Crippen LogP contribution is -2.17. The first-order valence-electron chi connectivity index (χ1n) is 5.13. The van der Waals surface area contributed by atoms with Crippen molar-refractivity contribution in [1.82, 2.24) is 0 Å². The number of hydrogen-bond donors (Lipinski definition) is 1. The molecule has 1 aromatic carbocycles. The molecule has 0 saturated carbocycles. The van der Waals surface area contributed by atoms with Gasteiger partial charge in [-0.2, -0.15) is 0 Å². The van der Waals surface area contributed by atoms with Crippen molar-refractivity contribution < 1.29 is 4.79 Å². The summed E-state index contributed by atoms with van der Waals surface area (Å²) in [4.78, 5) is 11.6. The summed E-state index contributed by atoms with van der Waals surface area (Å²) < 4.78 is 1.03. The van der Waals surface area contributed by atoms with Gasteiger partial charge in [-0.15, -0.1) is 0 Å². The van der Waals surface area contributed by atoms with Crippen molar-refractivity contribution in [3.63, 3.8) is 0 Å². The minimum atomic E-state index is -0.322.